The van der Waals surface area contributed by atoms with Gasteiger partial charge in [0.05, 0.1) is 5.56 Å². The highest BCUT2D eigenvalue weighted by Crippen LogP contribution is 2.50. The number of fused-ring (bicyclic) bond motifs is 2. The van der Waals surface area contributed by atoms with Crippen LogP contribution in [0.15, 0.2) is 72.8 Å². The maximum Gasteiger partial charge on any atom is 0.338 e. The van der Waals surface area contributed by atoms with E-state index in [4.69, 9.17) is 14.2 Å². The number of anilines is 2. The second-order valence-electron chi connectivity index (χ2n) is 9.96. The summed E-state index contributed by atoms with van der Waals surface area (Å²) in [6.07, 6.45) is 0. The molecular weight excluding hydrogens is 516 g/mol. The summed E-state index contributed by atoms with van der Waals surface area (Å²) in [5, 5.41) is 0. The van der Waals surface area contributed by atoms with Gasteiger partial charge in [0.2, 0.25) is 0 Å². The fraction of sp³-hybridized carbons (Fsp3) is 0.353. The number of rotatable bonds is 12. The molecule has 1 heterocycles. The number of carbonyl (C=O) groups excluding carboxylic acids is 2. The molecule has 0 saturated heterocycles. The number of carbonyl (C=O) groups is 2. The van der Waals surface area contributed by atoms with Gasteiger partial charge in [0.1, 0.15) is 24.7 Å². The van der Waals surface area contributed by atoms with Crippen LogP contribution in [0, 0.1) is 0 Å². The van der Waals surface area contributed by atoms with Crippen molar-refractivity contribution in [2.75, 3.05) is 49.2 Å². The normalized spacial score (nSPS) is 12.0. The van der Waals surface area contributed by atoms with Crippen molar-refractivity contribution in [1.29, 1.82) is 0 Å². The van der Waals surface area contributed by atoms with Crippen molar-refractivity contribution in [3.05, 3.63) is 95.1 Å². The van der Waals surface area contributed by atoms with E-state index in [9.17, 15) is 9.59 Å². The molecule has 0 unspecified atom stereocenters. The van der Waals surface area contributed by atoms with Gasteiger partial charge < -0.3 is 24.0 Å². The molecule has 0 fully saturated rings. The molecule has 3 aromatic carbocycles. The molecule has 0 saturated carbocycles. The van der Waals surface area contributed by atoms with E-state index in [2.05, 4.69) is 80.5 Å². The maximum absolute atomic E-state index is 13.3. The quantitative estimate of drug-likeness (QED) is 0.106. The van der Waals surface area contributed by atoms with Gasteiger partial charge >= 0.3 is 11.9 Å². The molecule has 0 radical (unpaired) electrons. The third-order valence-corrected chi connectivity index (χ3v) is 7.48. The summed E-state index contributed by atoms with van der Waals surface area (Å²) < 4.78 is 17.2. The van der Waals surface area contributed by atoms with Crippen molar-refractivity contribution in [1.82, 2.24) is 0 Å². The van der Waals surface area contributed by atoms with E-state index < -0.39 is 11.9 Å². The van der Waals surface area contributed by atoms with Gasteiger partial charge in [-0.2, -0.15) is 0 Å². The van der Waals surface area contributed by atoms with Crippen molar-refractivity contribution >= 4 is 23.3 Å². The summed E-state index contributed by atoms with van der Waals surface area (Å²) >= 11 is 0. The Labute approximate surface area is 243 Å². The summed E-state index contributed by atoms with van der Waals surface area (Å²) in [4.78, 5) is 29.6. The zero-order chi connectivity index (χ0) is 29.5. The predicted molar refractivity (Wildman–Crippen MR) is 164 cm³/mol. The standard InChI is InChI=1S/C34H40N2O5/c1-7-35(8-2)24-15-17-28-30(21-24)41-31-22-25(36(9-3)10-4)16-18-29(31)32(28)26-13-11-12-14-27(26)34(38)40-20-19-39-33(37)23(5)6/h11-18,21-22,32H,5,7-10,19-20H2,1-4,6H3. The minimum Gasteiger partial charge on any atom is -0.459 e. The smallest absolute Gasteiger partial charge is 0.338 e. The first-order chi connectivity index (χ1) is 19.8. The first-order valence-electron chi connectivity index (χ1n) is 14.4. The van der Waals surface area contributed by atoms with Crippen LogP contribution >= 0.6 is 0 Å². The van der Waals surface area contributed by atoms with Gasteiger partial charge in [0, 0.05) is 72.3 Å². The van der Waals surface area contributed by atoms with Gasteiger partial charge in [0.25, 0.3) is 0 Å². The highest BCUT2D eigenvalue weighted by Gasteiger charge is 2.32. The summed E-state index contributed by atoms with van der Waals surface area (Å²) in [5.74, 6) is 0.332. The third kappa shape index (κ3) is 6.40. The number of benzene rings is 3. The van der Waals surface area contributed by atoms with E-state index in [1.54, 1.807) is 13.0 Å². The van der Waals surface area contributed by atoms with Crippen molar-refractivity contribution in [3.63, 3.8) is 0 Å². The number of hydrogen-bond acceptors (Lipinski definition) is 7. The van der Waals surface area contributed by atoms with Crippen LogP contribution in [0.2, 0.25) is 0 Å². The average Bonchev–Trinajstić information content (AvgIpc) is 2.99. The van der Waals surface area contributed by atoms with Crippen LogP contribution in [-0.2, 0) is 14.3 Å². The minimum atomic E-state index is -0.509. The maximum atomic E-state index is 13.3. The Morgan fingerprint density at radius 1 is 0.756 bits per heavy atom. The number of hydrogen-bond donors (Lipinski definition) is 0. The van der Waals surface area contributed by atoms with Crippen molar-refractivity contribution in [3.8, 4) is 11.5 Å². The van der Waals surface area contributed by atoms with Crippen LogP contribution in [0.3, 0.4) is 0 Å². The van der Waals surface area contributed by atoms with Crippen LogP contribution < -0.4 is 14.5 Å². The Kier molecular flexibility index (Phi) is 9.71. The second kappa shape index (κ2) is 13.4. The Morgan fingerprint density at radius 3 is 1.78 bits per heavy atom. The van der Waals surface area contributed by atoms with Crippen molar-refractivity contribution < 1.29 is 23.8 Å². The van der Waals surface area contributed by atoms with Crippen LogP contribution in [0.5, 0.6) is 11.5 Å². The molecule has 7 heteroatoms. The Morgan fingerprint density at radius 2 is 1.27 bits per heavy atom. The van der Waals surface area contributed by atoms with Gasteiger partial charge in [-0.15, -0.1) is 0 Å². The topological polar surface area (TPSA) is 68.3 Å². The molecule has 0 bridgehead atoms. The average molecular weight is 557 g/mol. The highest BCUT2D eigenvalue weighted by molar-refractivity contribution is 5.92. The lowest BCUT2D eigenvalue weighted by molar-refractivity contribution is -0.140. The molecule has 0 atom stereocenters. The SMILES string of the molecule is C=C(C)C(=O)OCCOC(=O)c1ccccc1C1c2ccc(N(CC)CC)cc2Oc2cc(N(CC)CC)ccc21. The molecular formula is C34H40N2O5. The number of esters is 2. The highest BCUT2D eigenvalue weighted by atomic mass is 16.6. The lowest BCUT2D eigenvalue weighted by atomic mass is 9.80. The molecule has 41 heavy (non-hydrogen) atoms. The molecule has 0 N–H and O–H groups in total. The summed E-state index contributed by atoms with van der Waals surface area (Å²) in [7, 11) is 0. The molecule has 0 amide bonds. The molecule has 216 valence electrons. The van der Waals surface area contributed by atoms with Crippen molar-refractivity contribution in [2.45, 2.75) is 40.5 Å². The number of nitrogens with zero attached hydrogens (tertiary/aromatic N) is 2. The van der Waals surface area contributed by atoms with Gasteiger partial charge in [-0.05, 0) is 58.4 Å². The van der Waals surface area contributed by atoms with E-state index in [0.29, 0.717) is 11.1 Å². The lowest BCUT2D eigenvalue weighted by Crippen LogP contribution is -2.23. The summed E-state index contributed by atoms with van der Waals surface area (Å²) in [5.41, 5.74) is 5.74. The Balaban J connectivity index is 1.75. The lowest BCUT2D eigenvalue weighted by Gasteiger charge is -2.32. The van der Waals surface area contributed by atoms with E-state index in [-0.39, 0.29) is 19.1 Å². The van der Waals surface area contributed by atoms with Crippen LogP contribution in [-0.4, -0.2) is 51.3 Å². The summed E-state index contributed by atoms with van der Waals surface area (Å²) in [6, 6.07) is 20.2. The number of ether oxygens (including phenoxy) is 3. The van der Waals surface area contributed by atoms with Crippen molar-refractivity contribution in [2.24, 2.45) is 0 Å². The molecule has 4 rings (SSSR count). The first-order valence-corrected chi connectivity index (χ1v) is 14.4. The van der Waals surface area contributed by atoms with Gasteiger partial charge in [0.15, 0.2) is 0 Å². The first kappa shape index (κ1) is 29.7. The second-order valence-corrected chi connectivity index (χ2v) is 9.96. The fourth-order valence-electron chi connectivity index (χ4n) is 5.30. The predicted octanol–water partition coefficient (Wildman–Crippen LogP) is 6.94. The Hall–Kier alpha value is -4.26. The minimum absolute atomic E-state index is 0.0369. The summed E-state index contributed by atoms with van der Waals surface area (Å²) in [6.45, 7) is 17.2. The van der Waals surface area contributed by atoms with E-state index in [0.717, 1.165) is 65.7 Å². The molecule has 1 aliphatic heterocycles. The molecule has 1 aliphatic rings. The van der Waals surface area contributed by atoms with E-state index in [1.807, 2.05) is 18.2 Å². The fourth-order valence-corrected chi connectivity index (χ4v) is 5.30. The van der Waals surface area contributed by atoms with Gasteiger partial charge in [-0.3, -0.25) is 0 Å². The molecule has 7 nitrogen and oxygen atoms in total. The van der Waals surface area contributed by atoms with E-state index in [1.165, 1.54) is 0 Å². The van der Waals surface area contributed by atoms with Gasteiger partial charge in [-0.1, -0.05) is 36.9 Å². The van der Waals surface area contributed by atoms with Crippen LogP contribution in [0.25, 0.3) is 0 Å². The Bertz CT molecular complexity index is 1350. The molecule has 0 spiro atoms. The van der Waals surface area contributed by atoms with Crippen LogP contribution in [0.1, 0.15) is 67.6 Å². The zero-order valence-corrected chi connectivity index (χ0v) is 24.7. The van der Waals surface area contributed by atoms with Crippen LogP contribution in [0.4, 0.5) is 11.4 Å². The molecule has 3 aromatic rings. The molecule has 0 aliphatic carbocycles. The third-order valence-electron chi connectivity index (χ3n) is 7.48. The monoisotopic (exact) mass is 556 g/mol. The largest absolute Gasteiger partial charge is 0.459 e. The molecule has 0 aromatic heterocycles. The van der Waals surface area contributed by atoms with E-state index >= 15 is 0 Å². The van der Waals surface area contributed by atoms with Gasteiger partial charge in [-0.25, -0.2) is 9.59 Å². The zero-order valence-electron chi connectivity index (χ0n) is 24.7.